The normalized spacial score (nSPS) is 12.1. The first-order valence-corrected chi connectivity index (χ1v) is 8.95. The molecule has 7 nitrogen and oxygen atoms in total. The average Bonchev–Trinajstić information content (AvgIpc) is 3.20. The van der Waals surface area contributed by atoms with Crippen LogP contribution in [0, 0.1) is 0 Å². The lowest BCUT2D eigenvalue weighted by atomic mass is 10.0. The molecule has 8 heteroatoms. The number of tetrazole rings is 1. The summed E-state index contributed by atoms with van der Waals surface area (Å²) in [7, 11) is 4.02. The van der Waals surface area contributed by atoms with E-state index in [0.29, 0.717) is 10.6 Å². The van der Waals surface area contributed by atoms with Crippen molar-refractivity contribution in [3.8, 4) is 5.69 Å². The molecule has 1 atom stereocenters. The fraction of sp³-hybridized carbons (Fsp3) is 0.263. The molecule has 3 aromatic rings. The SMILES string of the molecule is CN(C)CCC(NC(=O)c1cccc(-n2cnnn2)c1)c1ccc(Cl)cc1. The highest BCUT2D eigenvalue weighted by Crippen LogP contribution is 2.21. The first-order valence-electron chi connectivity index (χ1n) is 8.57. The summed E-state index contributed by atoms with van der Waals surface area (Å²) in [6, 6.07) is 14.6. The summed E-state index contributed by atoms with van der Waals surface area (Å²) in [5.41, 5.74) is 2.29. The Balaban J connectivity index is 1.79. The molecule has 0 bridgehead atoms. The summed E-state index contributed by atoms with van der Waals surface area (Å²) in [5, 5.41) is 14.9. The van der Waals surface area contributed by atoms with Crippen molar-refractivity contribution in [3.63, 3.8) is 0 Å². The molecule has 0 aliphatic carbocycles. The molecule has 0 radical (unpaired) electrons. The predicted molar refractivity (Wildman–Crippen MR) is 104 cm³/mol. The van der Waals surface area contributed by atoms with E-state index in [1.54, 1.807) is 12.1 Å². The van der Waals surface area contributed by atoms with Gasteiger partial charge in [-0.1, -0.05) is 29.8 Å². The second-order valence-corrected chi connectivity index (χ2v) is 6.91. The van der Waals surface area contributed by atoms with Crippen molar-refractivity contribution in [2.45, 2.75) is 12.5 Å². The second kappa shape index (κ2) is 8.75. The molecule has 0 aliphatic heterocycles. The molecular formula is C19H21ClN6O. The highest BCUT2D eigenvalue weighted by Gasteiger charge is 2.17. The van der Waals surface area contributed by atoms with Crippen LogP contribution in [-0.4, -0.2) is 51.7 Å². The van der Waals surface area contributed by atoms with Gasteiger partial charge in [-0.25, -0.2) is 4.68 Å². The van der Waals surface area contributed by atoms with Crippen LogP contribution in [-0.2, 0) is 0 Å². The standard InChI is InChI=1S/C19H21ClN6O/c1-25(2)11-10-18(14-6-8-16(20)9-7-14)22-19(27)15-4-3-5-17(12-15)26-13-21-23-24-26/h3-9,12-13,18H,10-11H2,1-2H3,(H,22,27). The number of rotatable bonds is 7. The summed E-state index contributed by atoms with van der Waals surface area (Å²) in [4.78, 5) is 14.9. The van der Waals surface area contributed by atoms with Gasteiger partial charge >= 0.3 is 0 Å². The fourth-order valence-electron chi connectivity index (χ4n) is 2.72. The van der Waals surface area contributed by atoms with Crippen molar-refractivity contribution < 1.29 is 4.79 Å². The maximum atomic E-state index is 12.9. The Morgan fingerprint density at radius 1 is 1.22 bits per heavy atom. The van der Waals surface area contributed by atoms with Crippen molar-refractivity contribution in [1.29, 1.82) is 0 Å². The van der Waals surface area contributed by atoms with Crippen LogP contribution in [0.1, 0.15) is 28.4 Å². The quantitative estimate of drug-likeness (QED) is 0.677. The molecule has 0 aliphatic rings. The first kappa shape index (κ1) is 19.0. The first-order chi connectivity index (χ1) is 13.0. The van der Waals surface area contributed by atoms with Crippen LogP contribution in [0.2, 0.25) is 5.02 Å². The number of hydrogen-bond donors (Lipinski definition) is 1. The number of carbonyl (C=O) groups is 1. The number of carbonyl (C=O) groups excluding carboxylic acids is 1. The van der Waals surface area contributed by atoms with E-state index in [1.807, 2.05) is 50.5 Å². The minimum atomic E-state index is -0.149. The van der Waals surface area contributed by atoms with E-state index in [9.17, 15) is 4.79 Å². The summed E-state index contributed by atoms with van der Waals surface area (Å²) in [5.74, 6) is -0.149. The van der Waals surface area contributed by atoms with Gasteiger partial charge in [0.25, 0.3) is 5.91 Å². The Morgan fingerprint density at radius 2 is 2.00 bits per heavy atom. The molecule has 3 rings (SSSR count). The van der Waals surface area contributed by atoms with Gasteiger partial charge in [-0.15, -0.1) is 5.10 Å². The molecular weight excluding hydrogens is 364 g/mol. The van der Waals surface area contributed by atoms with Gasteiger partial charge in [0, 0.05) is 10.6 Å². The maximum absolute atomic E-state index is 12.9. The van der Waals surface area contributed by atoms with Gasteiger partial charge in [0.2, 0.25) is 0 Å². The highest BCUT2D eigenvalue weighted by atomic mass is 35.5. The second-order valence-electron chi connectivity index (χ2n) is 6.47. The van der Waals surface area contributed by atoms with Crippen LogP contribution >= 0.6 is 11.6 Å². The van der Waals surface area contributed by atoms with Crippen LogP contribution in [0.5, 0.6) is 0 Å². The smallest absolute Gasteiger partial charge is 0.251 e. The van der Waals surface area contributed by atoms with Crippen molar-refractivity contribution in [2.75, 3.05) is 20.6 Å². The van der Waals surface area contributed by atoms with E-state index >= 15 is 0 Å². The van der Waals surface area contributed by atoms with E-state index < -0.39 is 0 Å². The van der Waals surface area contributed by atoms with Gasteiger partial charge in [0.05, 0.1) is 11.7 Å². The zero-order chi connectivity index (χ0) is 19.2. The van der Waals surface area contributed by atoms with E-state index in [-0.39, 0.29) is 11.9 Å². The van der Waals surface area contributed by atoms with Crippen LogP contribution in [0.4, 0.5) is 0 Å². The molecule has 1 aromatic heterocycles. The number of benzene rings is 2. The van der Waals surface area contributed by atoms with E-state index in [0.717, 1.165) is 24.2 Å². The Morgan fingerprint density at radius 3 is 2.67 bits per heavy atom. The zero-order valence-electron chi connectivity index (χ0n) is 15.2. The zero-order valence-corrected chi connectivity index (χ0v) is 16.0. The third-order valence-electron chi connectivity index (χ3n) is 4.16. The number of halogens is 1. The van der Waals surface area contributed by atoms with Crippen LogP contribution in [0.3, 0.4) is 0 Å². The molecule has 27 heavy (non-hydrogen) atoms. The molecule has 0 spiro atoms. The van der Waals surface area contributed by atoms with Crippen LogP contribution in [0.25, 0.3) is 5.69 Å². The monoisotopic (exact) mass is 384 g/mol. The average molecular weight is 385 g/mol. The van der Waals surface area contributed by atoms with Crippen molar-refractivity contribution >= 4 is 17.5 Å². The van der Waals surface area contributed by atoms with Crippen molar-refractivity contribution in [1.82, 2.24) is 30.4 Å². The summed E-state index contributed by atoms with van der Waals surface area (Å²) < 4.78 is 1.51. The molecule has 0 saturated heterocycles. The lowest BCUT2D eigenvalue weighted by Gasteiger charge is -2.21. The number of nitrogens with zero attached hydrogens (tertiary/aromatic N) is 5. The highest BCUT2D eigenvalue weighted by molar-refractivity contribution is 6.30. The van der Waals surface area contributed by atoms with E-state index in [1.165, 1.54) is 11.0 Å². The minimum Gasteiger partial charge on any atom is -0.345 e. The third kappa shape index (κ3) is 5.12. The van der Waals surface area contributed by atoms with Crippen LogP contribution in [0.15, 0.2) is 54.9 Å². The number of nitrogens with one attached hydrogen (secondary N) is 1. The van der Waals surface area contributed by atoms with E-state index in [4.69, 9.17) is 11.6 Å². The molecule has 0 saturated carbocycles. The molecule has 1 amide bonds. The van der Waals surface area contributed by atoms with Crippen LogP contribution < -0.4 is 5.32 Å². The number of amides is 1. The molecule has 1 N–H and O–H groups in total. The topological polar surface area (TPSA) is 75.9 Å². The van der Waals surface area contributed by atoms with Gasteiger partial charge in [0.1, 0.15) is 6.33 Å². The molecule has 1 heterocycles. The van der Waals surface area contributed by atoms with Gasteiger partial charge < -0.3 is 10.2 Å². The van der Waals surface area contributed by atoms with Crippen molar-refractivity contribution in [3.05, 3.63) is 71.0 Å². The fourth-order valence-corrected chi connectivity index (χ4v) is 2.84. The van der Waals surface area contributed by atoms with Gasteiger partial charge in [-0.2, -0.15) is 0 Å². The van der Waals surface area contributed by atoms with Gasteiger partial charge in [-0.3, -0.25) is 4.79 Å². The Kier molecular flexibility index (Phi) is 6.16. The number of hydrogen-bond acceptors (Lipinski definition) is 5. The predicted octanol–water partition coefficient (Wildman–Crippen LogP) is 2.74. The summed E-state index contributed by atoms with van der Waals surface area (Å²) in [6.07, 6.45) is 2.28. The Bertz CT molecular complexity index is 879. The summed E-state index contributed by atoms with van der Waals surface area (Å²) >= 11 is 6.00. The van der Waals surface area contributed by atoms with Crippen molar-refractivity contribution in [2.24, 2.45) is 0 Å². The third-order valence-corrected chi connectivity index (χ3v) is 4.42. The largest absolute Gasteiger partial charge is 0.345 e. The molecule has 1 unspecified atom stereocenters. The maximum Gasteiger partial charge on any atom is 0.251 e. The lowest BCUT2D eigenvalue weighted by Crippen LogP contribution is -2.31. The minimum absolute atomic E-state index is 0.117. The van der Waals surface area contributed by atoms with E-state index in [2.05, 4.69) is 25.7 Å². The molecule has 140 valence electrons. The Hall–Kier alpha value is -2.77. The summed E-state index contributed by atoms with van der Waals surface area (Å²) in [6.45, 7) is 0.845. The number of aromatic nitrogens is 4. The van der Waals surface area contributed by atoms with Gasteiger partial charge in [0.15, 0.2) is 0 Å². The molecule has 2 aromatic carbocycles. The molecule has 0 fully saturated rings. The van der Waals surface area contributed by atoms with Gasteiger partial charge in [-0.05, 0) is 73.4 Å². The lowest BCUT2D eigenvalue weighted by molar-refractivity contribution is 0.0932. The Labute approximate surface area is 162 Å².